The zero-order chi connectivity index (χ0) is 12.6. The maximum absolute atomic E-state index is 11.6. The molecule has 1 saturated heterocycles. The Bertz CT molecular complexity index is 545. The minimum Gasteiger partial charge on any atom is -0.298 e. The number of carbonyl (C=O) groups excluding carboxylic acids is 1. The summed E-state index contributed by atoms with van der Waals surface area (Å²) in [5.74, 6) is 0.399. The number of sulfone groups is 1. The van der Waals surface area contributed by atoms with Crippen LogP contribution >= 0.6 is 0 Å². The van der Waals surface area contributed by atoms with E-state index in [1.54, 1.807) is 11.6 Å². The third-order valence-corrected chi connectivity index (χ3v) is 5.09. The van der Waals surface area contributed by atoms with Crippen molar-refractivity contribution in [1.29, 1.82) is 0 Å². The molecule has 0 aromatic carbocycles. The SMILES string of the molecule is Cc1nn(C2CCCS(=O)(=O)C2)c(C)c1C=O. The second-order valence-corrected chi connectivity index (χ2v) is 6.79. The molecule has 0 N–H and O–H groups in total. The topological polar surface area (TPSA) is 69.0 Å². The number of nitrogens with zero attached hydrogens (tertiary/aromatic N) is 2. The molecule has 1 aliphatic rings. The average Bonchev–Trinajstić information content (AvgIpc) is 2.52. The number of carbonyl (C=O) groups is 1. The lowest BCUT2D eigenvalue weighted by atomic mass is 10.1. The predicted molar refractivity (Wildman–Crippen MR) is 64.0 cm³/mol. The van der Waals surface area contributed by atoms with E-state index in [-0.39, 0.29) is 17.5 Å². The van der Waals surface area contributed by atoms with E-state index in [2.05, 4.69) is 5.10 Å². The molecule has 2 heterocycles. The van der Waals surface area contributed by atoms with Crippen molar-refractivity contribution in [3.8, 4) is 0 Å². The fraction of sp³-hybridized carbons (Fsp3) is 0.636. The Labute approximate surface area is 101 Å². The van der Waals surface area contributed by atoms with Gasteiger partial charge in [0.2, 0.25) is 0 Å². The second-order valence-electron chi connectivity index (χ2n) is 4.56. The van der Waals surface area contributed by atoms with E-state index in [1.165, 1.54) is 0 Å². The molecular formula is C11H16N2O3S. The number of hydrogen-bond acceptors (Lipinski definition) is 4. The lowest BCUT2D eigenvalue weighted by Crippen LogP contribution is -2.28. The largest absolute Gasteiger partial charge is 0.298 e. The molecule has 1 fully saturated rings. The first-order valence-corrected chi connectivity index (χ1v) is 7.48. The van der Waals surface area contributed by atoms with Crippen molar-refractivity contribution in [3.05, 3.63) is 17.0 Å². The van der Waals surface area contributed by atoms with Crippen molar-refractivity contribution in [2.75, 3.05) is 11.5 Å². The summed E-state index contributed by atoms with van der Waals surface area (Å²) in [5, 5.41) is 4.29. The Morgan fingerprint density at radius 3 is 2.65 bits per heavy atom. The van der Waals surface area contributed by atoms with Crippen molar-refractivity contribution in [3.63, 3.8) is 0 Å². The quantitative estimate of drug-likeness (QED) is 0.742. The molecule has 17 heavy (non-hydrogen) atoms. The number of aryl methyl sites for hydroxylation is 1. The van der Waals surface area contributed by atoms with E-state index in [0.717, 1.165) is 18.4 Å². The van der Waals surface area contributed by atoms with Gasteiger partial charge in [-0.05, 0) is 26.7 Å². The highest BCUT2D eigenvalue weighted by atomic mass is 32.2. The number of hydrogen-bond donors (Lipinski definition) is 0. The summed E-state index contributed by atoms with van der Waals surface area (Å²) in [4.78, 5) is 10.9. The Morgan fingerprint density at radius 1 is 1.41 bits per heavy atom. The Morgan fingerprint density at radius 2 is 2.12 bits per heavy atom. The van der Waals surface area contributed by atoms with Crippen LogP contribution in [0.1, 0.15) is 40.6 Å². The third kappa shape index (κ3) is 2.26. The molecule has 1 aromatic rings. The van der Waals surface area contributed by atoms with Crippen molar-refractivity contribution >= 4 is 16.1 Å². The average molecular weight is 256 g/mol. The molecule has 2 rings (SSSR count). The molecule has 0 saturated carbocycles. The summed E-state index contributed by atoms with van der Waals surface area (Å²) in [6.07, 6.45) is 2.26. The van der Waals surface area contributed by atoms with Gasteiger partial charge in [0.1, 0.15) is 0 Å². The first-order valence-electron chi connectivity index (χ1n) is 5.66. The van der Waals surface area contributed by atoms with Gasteiger partial charge in [-0.25, -0.2) is 8.42 Å². The van der Waals surface area contributed by atoms with E-state index < -0.39 is 9.84 Å². The zero-order valence-corrected chi connectivity index (χ0v) is 10.8. The van der Waals surface area contributed by atoms with Crippen molar-refractivity contribution < 1.29 is 13.2 Å². The van der Waals surface area contributed by atoms with Gasteiger partial charge in [-0.2, -0.15) is 5.10 Å². The zero-order valence-electron chi connectivity index (χ0n) is 10.0. The summed E-state index contributed by atoms with van der Waals surface area (Å²) < 4.78 is 24.9. The van der Waals surface area contributed by atoms with Crippen LogP contribution in [0, 0.1) is 13.8 Å². The van der Waals surface area contributed by atoms with E-state index >= 15 is 0 Å². The number of rotatable bonds is 2. The molecule has 94 valence electrons. The van der Waals surface area contributed by atoms with Crippen LogP contribution in [0.15, 0.2) is 0 Å². The van der Waals surface area contributed by atoms with Gasteiger partial charge in [-0.3, -0.25) is 9.48 Å². The highest BCUT2D eigenvalue weighted by Gasteiger charge is 2.28. The van der Waals surface area contributed by atoms with Crippen molar-refractivity contribution in [2.24, 2.45) is 0 Å². The van der Waals surface area contributed by atoms with Crippen LogP contribution < -0.4 is 0 Å². The number of aromatic nitrogens is 2. The van der Waals surface area contributed by atoms with Gasteiger partial charge in [-0.15, -0.1) is 0 Å². The second kappa shape index (κ2) is 4.25. The monoisotopic (exact) mass is 256 g/mol. The lowest BCUT2D eigenvalue weighted by Gasteiger charge is -2.23. The summed E-state index contributed by atoms with van der Waals surface area (Å²) >= 11 is 0. The van der Waals surface area contributed by atoms with Gasteiger partial charge in [-0.1, -0.05) is 0 Å². The highest BCUT2D eigenvalue weighted by molar-refractivity contribution is 7.91. The van der Waals surface area contributed by atoms with Crippen molar-refractivity contribution in [2.45, 2.75) is 32.7 Å². The van der Waals surface area contributed by atoms with Crippen LogP contribution in [0.5, 0.6) is 0 Å². The fourth-order valence-corrected chi connectivity index (χ4v) is 4.06. The molecule has 1 aliphatic heterocycles. The van der Waals surface area contributed by atoms with Gasteiger partial charge in [0, 0.05) is 5.69 Å². The van der Waals surface area contributed by atoms with Crippen molar-refractivity contribution in [1.82, 2.24) is 9.78 Å². The standard InChI is InChI=1S/C11H16N2O3S/c1-8-11(6-14)9(2)13(12-8)10-4-3-5-17(15,16)7-10/h6,10H,3-5,7H2,1-2H3. The molecule has 1 atom stereocenters. The normalized spacial score (nSPS) is 23.5. The first kappa shape index (κ1) is 12.3. The van der Waals surface area contributed by atoms with Gasteiger partial charge in [0.05, 0.1) is 28.8 Å². The predicted octanol–water partition coefficient (Wildman–Crippen LogP) is 1.06. The van der Waals surface area contributed by atoms with Crippen LogP contribution in [0.2, 0.25) is 0 Å². The molecule has 6 heteroatoms. The molecule has 0 bridgehead atoms. The third-order valence-electron chi connectivity index (χ3n) is 3.28. The first-order chi connectivity index (χ1) is 7.94. The van der Waals surface area contributed by atoms with E-state index in [1.807, 2.05) is 6.92 Å². The molecular weight excluding hydrogens is 240 g/mol. The molecule has 5 nitrogen and oxygen atoms in total. The highest BCUT2D eigenvalue weighted by Crippen LogP contribution is 2.25. The van der Waals surface area contributed by atoms with Crippen LogP contribution in [-0.4, -0.2) is 36.0 Å². The van der Waals surface area contributed by atoms with Crippen LogP contribution in [-0.2, 0) is 9.84 Å². The summed E-state index contributed by atoms with van der Waals surface area (Å²) in [6, 6.07) is -0.124. The summed E-state index contributed by atoms with van der Waals surface area (Å²) in [7, 11) is -2.96. The van der Waals surface area contributed by atoms with Crippen LogP contribution in [0.4, 0.5) is 0 Å². The Hall–Kier alpha value is -1.17. The summed E-state index contributed by atoms with van der Waals surface area (Å²) in [6.45, 7) is 3.58. The summed E-state index contributed by atoms with van der Waals surface area (Å²) in [5.41, 5.74) is 2.01. The fourth-order valence-electron chi connectivity index (χ4n) is 2.39. The van der Waals surface area contributed by atoms with E-state index in [4.69, 9.17) is 0 Å². The minimum absolute atomic E-state index is 0.124. The molecule has 1 aromatic heterocycles. The van der Waals surface area contributed by atoms with Gasteiger partial charge < -0.3 is 0 Å². The van der Waals surface area contributed by atoms with Crippen LogP contribution in [0.3, 0.4) is 0 Å². The van der Waals surface area contributed by atoms with Gasteiger partial charge in [0.25, 0.3) is 0 Å². The molecule has 0 aliphatic carbocycles. The van der Waals surface area contributed by atoms with E-state index in [9.17, 15) is 13.2 Å². The molecule has 0 amide bonds. The Balaban J connectivity index is 2.38. The molecule has 0 radical (unpaired) electrons. The van der Waals surface area contributed by atoms with E-state index in [0.29, 0.717) is 17.7 Å². The maximum atomic E-state index is 11.6. The molecule has 0 spiro atoms. The smallest absolute Gasteiger partial charge is 0.153 e. The van der Waals surface area contributed by atoms with Gasteiger partial charge in [0.15, 0.2) is 16.1 Å². The Kier molecular flexibility index (Phi) is 3.07. The number of aldehydes is 1. The minimum atomic E-state index is -2.96. The lowest BCUT2D eigenvalue weighted by molar-refractivity contribution is 0.112. The van der Waals surface area contributed by atoms with Crippen LogP contribution in [0.25, 0.3) is 0 Å². The van der Waals surface area contributed by atoms with Gasteiger partial charge >= 0.3 is 0 Å². The maximum Gasteiger partial charge on any atom is 0.153 e. The molecule has 1 unspecified atom stereocenters.